The topological polar surface area (TPSA) is 18.5 Å². The van der Waals surface area contributed by atoms with Crippen LogP contribution < -0.4 is 0 Å². The average molecular weight is 576 g/mol. The van der Waals surface area contributed by atoms with Gasteiger partial charge in [0.05, 0.1) is 13.2 Å². The molecule has 26 heavy (non-hydrogen) atoms. The first kappa shape index (κ1) is 20.6. The van der Waals surface area contributed by atoms with Crippen molar-refractivity contribution >= 4 is 45.2 Å². The van der Waals surface area contributed by atoms with E-state index >= 15 is 0 Å². The van der Waals surface area contributed by atoms with Crippen molar-refractivity contribution in [3.8, 4) is 0 Å². The third kappa shape index (κ3) is 4.28. The van der Waals surface area contributed by atoms with E-state index in [0.717, 1.165) is 38.9 Å². The van der Waals surface area contributed by atoms with E-state index in [9.17, 15) is 0 Å². The van der Waals surface area contributed by atoms with Crippen LogP contribution in [-0.2, 0) is 20.3 Å². The van der Waals surface area contributed by atoms with Gasteiger partial charge in [0, 0.05) is 32.2 Å². The molecule has 0 heterocycles. The fourth-order valence-electron chi connectivity index (χ4n) is 4.40. The Labute approximate surface area is 184 Å². The molecule has 3 rings (SSSR count). The Morgan fingerprint density at radius 2 is 0.962 bits per heavy atom. The Bertz CT molecular complexity index is 638. The van der Waals surface area contributed by atoms with Crippen LogP contribution in [0.3, 0.4) is 0 Å². The first-order valence-electron chi connectivity index (χ1n) is 9.04. The number of halogens is 2. The van der Waals surface area contributed by atoms with Crippen molar-refractivity contribution in [2.24, 2.45) is 0 Å². The average Bonchev–Trinajstić information content (AvgIpc) is 2.65. The van der Waals surface area contributed by atoms with E-state index in [4.69, 9.17) is 9.47 Å². The molecule has 2 aromatic rings. The van der Waals surface area contributed by atoms with Gasteiger partial charge in [-0.15, -0.1) is 0 Å². The first-order chi connectivity index (χ1) is 12.5. The van der Waals surface area contributed by atoms with Gasteiger partial charge in [-0.2, -0.15) is 0 Å². The van der Waals surface area contributed by atoms with E-state index < -0.39 is 0 Å². The van der Waals surface area contributed by atoms with Crippen LogP contribution in [0, 0.1) is 7.14 Å². The van der Waals surface area contributed by atoms with Gasteiger partial charge in [-0.05, 0) is 106 Å². The van der Waals surface area contributed by atoms with Crippen LogP contribution in [0.1, 0.15) is 36.8 Å². The normalized spacial score (nSPS) is 26.0. The van der Waals surface area contributed by atoms with Crippen LogP contribution in [-0.4, -0.2) is 27.4 Å². The summed E-state index contributed by atoms with van der Waals surface area (Å²) in [5, 5.41) is 0. The summed E-state index contributed by atoms with van der Waals surface area (Å²) in [6, 6.07) is 18.0. The van der Waals surface area contributed by atoms with Crippen LogP contribution in [0.2, 0.25) is 0 Å². The maximum Gasteiger partial charge on any atom is 0.0559 e. The number of methoxy groups -OCH3 is 2. The van der Waals surface area contributed by atoms with Gasteiger partial charge in [0.25, 0.3) is 0 Å². The zero-order chi connectivity index (χ0) is 18.6. The standard InChI is InChI=1S/C22H26I2O2/c1-25-15-21(17-3-7-19(23)8-4-17)11-13-22(14-12-21,16-26-2)18-5-9-20(24)10-6-18/h3-10H,11-16H2,1-2H3. The predicted octanol–water partition coefficient (Wildman–Crippen LogP) is 5.94. The van der Waals surface area contributed by atoms with Crippen LogP contribution >= 0.6 is 45.2 Å². The largest absolute Gasteiger partial charge is 0.384 e. The lowest BCUT2D eigenvalue weighted by Crippen LogP contribution is -2.44. The van der Waals surface area contributed by atoms with E-state index in [-0.39, 0.29) is 10.8 Å². The molecule has 2 nitrogen and oxygen atoms in total. The Morgan fingerprint density at radius 3 is 1.23 bits per heavy atom. The molecule has 1 saturated carbocycles. The van der Waals surface area contributed by atoms with E-state index in [1.807, 2.05) is 14.2 Å². The molecule has 1 fully saturated rings. The molecule has 0 amide bonds. The summed E-state index contributed by atoms with van der Waals surface area (Å²) in [5.41, 5.74) is 3.04. The summed E-state index contributed by atoms with van der Waals surface area (Å²) in [6.45, 7) is 1.56. The molecule has 0 N–H and O–H groups in total. The molecule has 1 aliphatic carbocycles. The zero-order valence-corrected chi connectivity index (χ0v) is 19.7. The molecule has 0 saturated heterocycles. The molecule has 2 aromatic carbocycles. The maximum atomic E-state index is 5.68. The molecule has 0 bridgehead atoms. The summed E-state index contributed by atoms with van der Waals surface area (Å²) >= 11 is 4.74. The molecule has 1 aliphatic rings. The molecule has 0 aliphatic heterocycles. The SMILES string of the molecule is COCC1(c2ccc(I)cc2)CCC(COC)(c2ccc(I)cc2)CC1. The minimum atomic E-state index is 0.111. The minimum Gasteiger partial charge on any atom is -0.384 e. The second kappa shape index (κ2) is 8.88. The molecule has 140 valence electrons. The van der Waals surface area contributed by atoms with Crippen molar-refractivity contribution in [2.45, 2.75) is 36.5 Å². The van der Waals surface area contributed by atoms with Gasteiger partial charge in [-0.25, -0.2) is 0 Å². The number of hydrogen-bond donors (Lipinski definition) is 0. The summed E-state index contributed by atoms with van der Waals surface area (Å²) in [7, 11) is 3.65. The highest BCUT2D eigenvalue weighted by Gasteiger charge is 2.44. The second-order valence-corrected chi connectivity index (χ2v) is 9.93. The quantitative estimate of drug-likeness (QED) is 0.397. The monoisotopic (exact) mass is 576 g/mol. The third-order valence-electron chi connectivity index (χ3n) is 5.92. The fraction of sp³-hybridized carbons (Fsp3) is 0.455. The molecule has 4 heteroatoms. The molecule has 0 atom stereocenters. The van der Waals surface area contributed by atoms with Gasteiger partial charge in [0.15, 0.2) is 0 Å². The van der Waals surface area contributed by atoms with Crippen molar-refractivity contribution in [3.05, 3.63) is 66.8 Å². The van der Waals surface area contributed by atoms with Gasteiger partial charge in [0.1, 0.15) is 0 Å². The van der Waals surface area contributed by atoms with E-state index in [2.05, 4.69) is 93.7 Å². The van der Waals surface area contributed by atoms with Crippen LogP contribution in [0.15, 0.2) is 48.5 Å². The summed E-state index contributed by atoms with van der Waals surface area (Å²) in [4.78, 5) is 0. The maximum absolute atomic E-state index is 5.68. The van der Waals surface area contributed by atoms with Crippen molar-refractivity contribution in [1.29, 1.82) is 0 Å². The molecule has 0 unspecified atom stereocenters. The Hall–Kier alpha value is -0.180. The third-order valence-corrected chi connectivity index (χ3v) is 7.36. The highest BCUT2D eigenvalue weighted by molar-refractivity contribution is 14.1. The minimum absolute atomic E-state index is 0.111. The van der Waals surface area contributed by atoms with Gasteiger partial charge in [-0.1, -0.05) is 24.3 Å². The summed E-state index contributed by atoms with van der Waals surface area (Å²) < 4.78 is 13.9. The summed E-state index contributed by atoms with van der Waals surface area (Å²) in [5.74, 6) is 0. The van der Waals surface area contributed by atoms with Crippen LogP contribution in [0.25, 0.3) is 0 Å². The number of rotatable bonds is 6. The van der Waals surface area contributed by atoms with Crippen molar-refractivity contribution < 1.29 is 9.47 Å². The zero-order valence-electron chi connectivity index (χ0n) is 15.4. The number of benzene rings is 2. The highest BCUT2D eigenvalue weighted by Crippen LogP contribution is 2.49. The Balaban J connectivity index is 1.89. The van der Waals surface area contributed by atoms with Crippen LogP contribution in [0.4, 0.5) is 0 Å². The van der Waals surface area contributed by atoms with Gasteiger partial charge >= 0.3 is 0 Å². The van der Waals surface area contributed by atoms with Crippen molar-refractivity contribution in [2.75, 3.05) is 27.4 Å². The molecule has 0 aromatic heterocycles. The highest BCUT2D eigenvalue weighted by atomic mass is 127. The van der Waals surface area contributed by atoms with Crippen molar-refractivity contribution in [1.82, 2.24) is 0 Å². The molecular weight excluding hydrogens is 550 g/mol. The van der Waals surface area contributed by atoms with Crippen LogP contribution in [0.5, 0.6) is 0 Å². The second-order valence-electron chi connectivity index (χ2n) is 7.44. The van der Waals surface area contributed by atoms with E-state index in [1.54, 1.807) is 0 Å². The van der Waals surface area contributed by atoms with Gasteiger partial charge < -0.3 is 9.47 Å². The van der Waals surface area contributed by atoms with Crippen molar-refractivity contribution in [3.63, 3.8) is 0 Å². The number of hydrogen-bond acceptors (Lipinski definition) is 2. The first-order valence-corrected chi connectivity index (χ1v) is 11.2. The smallest absolute Gasteiger partial charge is 0.0559 e. The molecule has 0 radical (unpaired) electrons. The van der Waals surface area contributed by atoms with Gasteiger partial charge in [0.2, 0.25) is 0 Å². The lowest BCUT2D eigenvalue weighted by atomic mass is 9.59. The lowest BCUT2D eigenvalue weighted by molar-refractivity contribution is 0.0478. The number of ether oxygens (including phenoxy) is 2. The van der Waals surface area contributed by atoms with Gasteiger partial charge in [-0.3, -0.25) is 0 Å². The summed E-state index contributed by atoms with van der Waals surface area (Å²) in [6.07, 6.45) is 4.49. The molecule has 0 spiro atoms. The Kier molecular flexibility index (Phi) is 7.02. The lowest BCUT2D eigenvalue weighted by Gasteiger charge is -2.47. The van der Waals surface area contributed by atoms with E-state index in [1.165, 1.54) is 18.3 Å². The predicted molar refractivity (Wildman–Crippen MR) is 124 cm³/mol. The molecular formula is C22H26I2O2. The fourth-order valence-corrected chi connectivity index (χ4v) is 5.12. The van der Waals surface area contributed by atoms with E-state index in [0.29, 0.717) is 0 Å². The Morgan fingerprint density at radius 1 is 0.654 bits per heavy atom.